The van der Waals surface area contributed by atoms with Gasteiger partial charge in [0.25, 0.3) is 0 Å². The van der Waals surface area contributed by atoms with Crippen LogP contribution in [0.5, 0.6) is 0 Å². The van der Waals surface area contributed by atoms with Crippen LogP contribution in [0.2, 0.25) is 0 Å². The summed E-state index contributed by atoms with van der Waals surface area (Å²) in [5, 5.41) is 3.67. The zero-order valence-electron chi connectivity index (χ0n) is 17.4. The van der Waals surface area contributed by atoms with Gasteiger partial charge in [0.2, 0.25) is 6.41 Å². The van der Waals surface area contributed by atoms with E-state index in [0.29, 0.717) is 13.0 Å². The minimum atomic E-state index is 0.679. The highest BCUT2D eigenvalue weighted by atomic mass is 16.1. The van der Waals surface area contributed by atoms with Crippen molar-refractivity contribution in [2.45, 2.75) is 39.7 Å². The predicted molar refractivity (Wildman–Crippen MR) is 119 cm³/mol. The second-order valence-electron chi connectivity index (χ2n) is 7.52. The van der Waals surface area contributed by atoms with E-state index in [-0.39, 0.29) is 0 Å². The molecular formula is C23H29N5O. The fourth-order valence-corrected chi connectivity index (χ4v) is 3.43. The van der Waals surface area contributed by atoms with Crippen LogP contribution in [0, 0.1) is 12.8 Å². The number of allylic oxidation sites excluding steroid dienone is 2. The van der Waals surface area contributed by atoms with Crippen LogP contribution in [0.4, 0.5) is 11.4 Å². The van der Waals surface area contributed by atoms with E-state index in [1.54, 1.807) is 12.4 Å². The summed E-state index contributed by atoms with van der Waals surface area (Å²) in [5.74, 6) is 0.855. The van der Waals surface area contributed by atoms with Gasteiger partial charge in [-0.05, 0) is 49.8 Å². The molecule has 0 fully saturated rings. The maximum Gasteiger partial charge on any atom is 0.211 e. The molecule has 1 amide bonds. The number of fused-ring (bicyclic) bond motifs is 1. The molecule has 3 aromatic heterocycles. The average Bonchev–Trinajstić information content (AvgIpc) is 3.20. The molecule has 29 heavy (non-hydrogen) atoms. The minimum absolute atomic E-state index is 0.679. The number of carbonyl (C=O) groups is 1. The van der Waals surface area contributed by atoms with Gasteiger partial charge in [-0.2, -0.15) is 0 Å². The normalized spacial score (nSPS) is 15.5. The third-order valence-corrected chi connectivity index (χ3v) is 5.07. The average molecular weight is 392 g/mol. The van der Waals surface area contributed by atoms with Gasteiger partial charge in [-0.15, -0.1) is 0 Å². The van der Waals surface area contributed by atoms with Gasteiger partial charge in [0.15, 0.2) is 0 Å². The van der Waals surface area contributed by atoms with Gasteiger partial charge in [0.1, 0.15) is 5.65 Å². The number of rotatable bonds is 5. The molecule has 1 aliphatic carbocycles. The van der Waals surface area contributed by atoms with Crippen LogP contribution < -0.4 is 10.2 Å². The van der Waals surface area contributed by atoms with Crippen LogP contribution in [0.1, 0.15) is 37.4 Å². The number of hydrogen-bond donors (Lipinski definition) is 2. The lowest BCUT2D eigenvalue weighted by Gasteiger charge is -2.22. The Balaban J connectivity index is 0.000000290. The summed E-state index contributed by atoms with van der Waals surface area (Å²) < 4.78 is 0. The number of nitrogens with zero attached hydrogens (tertiary/aromatic N) is 3. The lowest BCUT2D eigenvalue weighted by Crippen LogP contribution is -2.18. The maximum absolute atomic E-state index is 10.9. The molecule has 0 aliphatic heterocycles. The molecule has 0 spiro atoms. The molecule has 0 unspecified atom stereocenters. The van der Waals surface area contributed by atoms with Crippen molar-refractivity contribution in [2.75, 3.05) is 17.3 Å². The number of hydrogen-bond acceptors (Lipinski definition) is 4. The number of aryl methyl sites for hydroxylation is 1. The van der Waals surface area contributed by atoms with Crippen LogP contribution in [-0.4, -0.2) is 28.4 Å². The fraction of sp³-hybridized carbons (Fsp3) is 0.348. The summed E-state index contributed by atoms with van der Waals surface area (Å²) in [7, 11) is 1.96. The Morgan fingerprint density at radius 1 is 1.28 bits per heavy atom. The molecule has 152 valence electrons. The van der Waals surface area contributed by atoms with Crippen LogP contribution in [-0.2, 0) is 11.3 Å². The highest BCUT2D eigenvalue weighted by Crippen LogP contribution is 2.32. The summed E-state index contributed by atoms with van der Waals surface area (Å²) in [5.41, 5.74) is 4.45. The number of H-pyrrole nitrogens is 1. The van der Waals surface area contributed by atoms with E-state index < -0.39 is 0 Å². The Bertz CT molecular complexity index is 961. The molecule has 0 radical (unpaired) electrons. The molecule has 0 aromatic carbocycles. The van der Waals surface area contributed by atoms with Crippen LogP contribution in [0.3, 0.4) is 0 Å². The molecule has 0 saturated carbocycles. The first-order valence-electron chi connectivity index (χ1n) is 10.0. The third-order valence-electron chi connectivity index (χ3n) is 5.07. The smallest absolute Gasteiger partial charge is 0.211 e. The van der Waals surface area contributed by atoms with E-state index in [0.717, 1.165) is 39.6 Å². The van der Waals surface area contributed by atoms with Crippen molar-refractivity contribution in [3.8, 4) is 0 Å². The highest BCUT2D eigenvalue weighted by molar-refractivity contribution is 6.00. The van der Waals surface area contributed by atoms with Gasteiger partial charge in [0, 0.05) is 37.1 Å². The van der Waals surface area contributed by atoms with Crippen molar-refractivity contribution in [2.24, 2.45) is 5.92 Å². The Kier molecular flexibility index (Phi) is 7.00. The summed E-state index contributed by atoms with van der Waals surface area (Å²) in [4.78, 5) is 24.7. The summed E-state index contributed by atoms with van der Waals surface area (Å²) in [6, 6.07) is 5.94. The second-order valence-corrected chi connectivity index (χ2v) is 7.52. The molecule has 3 heterocycles. The zero-order chi connectivity index (χ0) is 20.6. The van der Waals surface area contributed by atoms with Gasteiger partial charge >= 0.3 is 0 Å². The fourth-order valence-electron chi connectivity index (χ4n) is 3.43. The lowest BCUT2D eigenvalue weighted by atomic mass is 9.98. The topological polar surface area (TPSA) is 73.9 Å². The Labute approximate surface area is 172 Å². The second kappa shape index (κ2) is 9.87. The van der Waals surface area contributed by atoms with Crippen molar-refractivity contribution in [1.82, 2.24) is 15.0 Å². The largest absolute Gasteiger partial charge is 0.367 e. The Morgan fingerprint density at radius 2 is 2.14 bits per heavy atom. The standard InChI is InChI=1S/C16H17N5O.C7H12/c1-11-3-4-12(7-18-11)9-21(2)14-8-19-16-13(5-6-17-16)15(14)20-10-22;1-7-5-3-2-4-6-7/h3-8,10H,9H2,1-2H3,(H2,17,19,20,22);3,5,7H,2,4,6H2,1H3/t;7-/m.1/s1. The molecule has 6 nitrogen and oxygen atoms in total. The quantitative estimate of drug-likeness (QED) is 0.482. The predicted octanol–water partition coefficient (Wildman–Crippen LogP) is 4.83. The van der Waals surface area contributed by atoms with Crippen molar-refractivity contribution in [3.63, 3.8) is 0 Å². The molecule has 0 saturated heterocycles. The number of aromatic amines is 1. The molecular weight excluding hydrogens is 362 g/mol. The van der Waals surface area contributed by atoms with E-state index in [2.05, 4.69) is 39.3 Å². The van der Waals surface area contributed by atoms with Crippen LogP contribution in [0.15, 0.2) is 48.9 Å². The van der Waals surface area contributed by atoms with Gasteiger partial charge in [-0.1, -0.05) is 25.1 Å². The van der Waals surface area contributed by atoms with E-state index in [1.807, 2.05) is 43.3 Å². The van der Waals surface area contributed by atoms with Crippen molar-refractivity contribution >= 4 is 28.8 Å². The van der Waals surface area contributed by atoms with Gasteiger partial charge in [-0.3, -0.25) is 9.78 Å². The summed E-state index contributed by atoms with van der Waals surface area (Å²) >= 11 is 0. The molecule has 6 heteroatoms. The van der Waals surface area contributed by atoms with Gasteiger partial charge in [0.05, 0.1) is 17.6 Å². The zero-order valence-corrected chi connectivity index (χ0v) is 17.4. The number of pyridine rings is 2. The van der Waals surface area contributed by atoms with Crippen molar-refractivity contribution in [3.05, 3.63) is 60.2 Å². The van der Waals surface area contributed by atoms with Crippen molar-refractivity contribution < 1.29 is 4.79 Å². The molecule has 2 N–H and O–H groups in total. The van der Waals surface area contributed by atoms with E-state index in [1.165, 1.54) is 19.3 Å². The van der Waals surface area contributed by atoms with E-state index in [9.17, 15) is 4.79 Å². The highest BCUT2D eigenvalue weighted by Gasteiger charge is 2.13. The first kappa shape index (κ1) is 20.6. The molecule has 1 aliphatic rings. The lowest BCUT2D eigenvalue weighted by molar-refractivity contribution is -0.105. The molecule has 1 atom stereocenters. The molecule has 0 bridgehead atoms. The summed E-state index contributed by atoms with van der Waals surface area (Å²) in [6.07, 6.45) is 14.8. The Morgan fingerprint density at radius 3 is 2.76 bits per heavy atom. The molecule has 4 rings (SSSR count). The number of carbonyl (C=O) groups excluding carboxylic acids is 1. The first-order chi connectivity index (χ1) is 14.1. The molecule has 3 aromatic rings. The number of aromatic nitrogens is 3. The number of anilines is 2. The van der Waals surface area contributed by atoms with Gasteiger partial charge in [-0.25, -0.2) is 4.98 Å². The monoisotopic (exact) mass is 391 g/mol. The maximum atomic E-state index is 10.9. The van der Waals surface area contributed by atoms with Gasteiger partial charge < -0.3 is 15.2 Å². The SMILES string of the molecule is C[C@@H]1C=CCCC1.Cc1ccc(CN(C)c2cnc3[nH]ccc3c2NC=O)cn1. The van der Waals surface area contributed by atoms with E-state index >= 15 is 0 Å². The Hall–Kier alpha value is -3.15. The first-order valence-corrected chi connectivity index (χ1v) is 10.0. The summed E-state index contributed by atoms with van der Waals surface area (Å²) in [6.45, 7) is 4.91. The third kappa shape index (κ3) is 5.44. The minimum Gasteiger partial charge on any atom is -0.367 e. The van der Waals surface area contributed by atoms with Crippen molar-refractivity contribution in [1.29, 1.82) is 0 Å². The number of nitrogens with one attached hydrogen (secondary N) is 2. The van der Waals surface area contributed by atoms with Crippen LogP contribution in [0.25, 0.3) is 11.0 Å². The van der Waals surface area contributed by atoms with Crippen LogP contribution >= 0.6 is 0 Å². The van der Waals surface area contributed by atoms with E-state index in [4.69, 9.17) is 0 Å². The number of amides is 1.